The minimum Gasteiger partial charge on any atom is -0.465 e. The Hall–Kier alpha value is -1.35. The number of hydrogen-bond acceptors (Lipinski definition) is 3. The Balaban J connectivity index is 2.15. The van der Waals surface area contributed by atoms with Crippen molar-refractivity contribution in [2.24, 2.45) is 0 Å². The van der Waals surface area contributed by atoms with Gasteiger partial charge in [-0.2, -0.15) is 0 Å². The van der Waals surface area contributed by atoms with Crippen LogP contribution in [0.4, 0.5) is 0 Å². The summed E-state index contributed by atoms with van der Waals surface area (Å²) in [4.78, 5) is 11.3. The van der Waals surface area contributed by atoms with Gasteiger partial charge in [0.15, 0.2) is 0 Å². The average molecular weight is 206 g/mol. The number of esters is 1. The van der Waals surface area contributed by atoms with Crippen LogP contribution in [-0.4, -0.2) is 23.8 Å². The quantitative estimate of drug-likeness (QED) is 0.763. The average Bonchev–Trinajstić information content (AvgIpc) is 2.95. The van der Waals surface area contributed by atoms with Crippen molar-refractivity contribution in [3.63, 3.8) is 0 Å². The standard InChI is InChI=1S/C12H14O3/c1-15-11(13)10-4-2-3-9(7-10)8-12(14)5-6-12/h2-4,7,14H,5-6,8H2,1H3. The molecule has 3 nitrogen and oxygen atoms in total. The summed E-state index contributed by atoms with van der Waals surface area (Å²) in [6.07, 6.45) is 2.34. The third kappa shape index (κ3) is 2.36. The number of hydrogen-bond donors (Lipinski definition) is 1. The predicted molar refractivity (Wildman–Crippen MR) is 55.7 cm³/mol. The Labute approximate surface area is 88.7 Å². The third-order valence-corrected chi connectivity index (χ3v) is 2.71. The maximum atomic E-state index is 11.3. The van der Waals surface area contributed by atoms with Crippen LogP contribution in [-0.2, 0) is 11.2 Å². The molecule has 1 aliphatic rings. The lowest BCUT2D eigenvalue weighted by Crippen LogP contribution is -2.11. The van der Waals surface area contributed by atoms with E-state index in [1.54, 1.807) is 12.1 Å². The monoisotopic (exact) mass is 206 g/mol. The molecule has 80 valence electrons. The van der Waals surface area contributed by atoms with Crippen LogP contribution >= 0.6 is 0 Å². The normalized spacial score (nSPS) is 17.2. The number of ether oxygens (including phenoxy) is 1. The smallest absolute Gasteiger partial charge is 0.337 e. The first-order chi connectivity index (χ1) is 7.13. The highest BCUT2D eigenvalue weighted by molar-refractivity contribution is 5.89. The van der Waals surface area contributed by atoms with Crippen LogP contribution < -0.4 is 0 Å². The molecule has 1 fully saturated rings. The molecule has 0 aliphatic heterocycles. The van der Waals surface area contributed by atoms with Gasteiger partial charge in [0.1, 0.15) is 0 Å². The maximum absolute atomic E-state index is 11.3. The van der Waals surface area contributed by atoms with E-state index in [0.29, 0.717) is 12.0 Å². The van der Waals surface area contributed by atoms with Gasteiger partial charge >= 0.3 is 5.97 Å². The Morgan fingerprint density at radius 2 is 2.27 bits per heavy atom. The van der Waals surface area contributed by atoms with Gasteiger partial charge in [-0.3, -0.25) is 0 Å². The van der Waals surface area contributed by atoms with Gasteiger partial charge in [-0.1, -0.05) is 12.1 Å². The van der Waals surface area contributed by atoms with E-state index in [1.165, 1.54) is 7.11 Å². The summed E-state index contributed by atoms with van der Waals surface area (Å²) in [5.74, 6) is -0.334. The molecule has 3 heteroatoms. The third-order valence-electron chi connectivity index (χ3n) is 2.71. The molecular weight excluding hydrogens is 192 g/mol. The highest BCUT2D eigenvalue weighted by Crippen LogP contribution is 2.38. The fourth-order valence-electron chi connectivity index (χ4n) is 1.63. The highest BCUT2D eigenvalue weighted by atomic mass is 16.5. The lowest BCUT2D eigenvalue weighted by atomic mass is 10.0. The van der Waals surface area contributed by atoms with Crippen molar-refractivity contribution in [1.82, 2.24) is 0 Å². The summed E-state index contributed by atoms with van der Waals surface area (Å²) >= 11 is 0. The van der Waals surface area contributed by atoms with Crippen molar-refractivity contribution in [2.45, 2.75) is 24.9 Å². The number of aliphatic hydroxyl groups is 1. The second kappa shape index (κ2) is 3.66. The summed E-state index contributed by atoms with van der Waals surface area (Å²) in [6, 6.07) is 7.23. The van der Waals surface area contributed by atoms with Gasteiger partial charge < -0.3 is 9.84 Å². The molecule has 0 aromatic heterocycles. The SMILES string of the molecule is COC(=O)c1cccc(CC2(O)CC2)c1. The number of methoxy groups -OCH3 is 1. The van der Waals surface area contributed by atoms with E-state index in [2.05, 4.69) is 4.74 Å². The van der Waals surface area contributed by atoms with E-state index in [4.69, 9.17) is 0 Å². The van der Waals surface area contributed by atoms with Crippen molar-refractivity contribution in [3.05, 3.63) is 35.4 Å². The molecule has 2 rings (SSSR count). The minimum absolute atomic E-state index is 0.334. The number of benzene rings is 1. The van der Waals surface area contributed by atoms with Gasteiger partial charge in [0, 0.05) is 6.42 Å². The van der Waals surface area contributed by atoms with Gasteiger partial charge in [0.05, 0.1) is 18.3 Å². The molecule has 1 saturated carbocycles. The van der Waals surface area contributed by atoms with Gasteiger partial charge in [0.2, 0.25) is 0 Å². The lowest BCUT2D eigenvalue weighted by molar-refractivity contribution is 0.0600. The maximum Gasteiger partial charge on any atom is 0.337 e. The van der Waals surface area contributed by atoms with Crippen molar-refractivity contribution in [3.8, 4) is 0 Å². The Morgan fingerprint density at radius 1 is 1.53 bits per heavy atom. The van der Waals surface area contributed by atoms with Gasteiger partial charge in [-0.25, -0.2) is 4.79 Å². The van der Waals surface area contributed by atoms with Crippen molar-refractivity contribution >= 4 is 5.97 Å². The van der Waals surface area contributed by atoms with Crippen LogP contribution in [0.15, 0.2) is 24.3 Å². The van der Waals surface area contributed by atoms with Crippen molar-refractivity contribution < 1.29 is 14.6 Å². The Bertz CT molecular complexity index is 380. The summed E-state index contributed by atoms with van der Waals surface area (Å²) in [5.41, 5.74) is 1.01. The number of rotatable bonds is 3. The fraction of sp³-hybridized carbons (Fsp3) is 0.417. The molecule has 1 aliphatic carbocycles. The molecule has 0 saturated heterocycles. The lowest BCUT2D eigenvalue weighted by Gasteiger charge is -2.08. The Morgan fingerprint density at radius 3 is 2.87 bits per heavy atom. The zero-order chi connectivity index (χ0) is 10.9. The largest absolute Gasteiger partial charge is 0.465 e. The molecule has 0 amide bonds. The van der Waals surface area contributed by atoms with Crippen LogP contribution in [0.5, 0.6) is 0 Å². The second-order valence-corrected chi connectivity index (χ2v) is 4.09. The summed E-state index contributed by atoms with van der Waals surface area (Å²) in [5, 5.41) is 9.75. The second-order valence-electron chi connectivity index (χ2n) is 4.09. The first kappa shape index (κ1) is 10.2. The summed E-state index contributed by atoms with van der Waals surface area (Å²) in [7, 11) is 1.36. The molecule has 0 heterocycles. The number of carbonyl (C=O) groups is 1. The molecule has 1 aromatic rings. The van der Waals surface area contributed by atoms with Gasteiger partial charge in [-0.05, 0) is 30.5 Å². The van der Waals surface area contributed by atoms with Crippen LogP contribution in [0.3, 0.4) is 0 Å². The van der Waals surface area contributed by atoms with E-state index in [1.807, 2.05) is 12.1 Å². The Kier molecular flexibility index (Phi) is 2.49. The summed E-state index contributed by atoms with van der Waals surface area (Å²) in [6.45, 7) is 0. The van der Waals surface area contributed by atoms with E-state index in [9.17, 15) is 9.90 Å². The summed E-state index contributed by atoms with van der Waals surface area (Å²) < 4.78 is 4.64. The molecule has 15 heavy (non-hydrogen) atoms. The van der Waals surface area contributed by atoms with Gasteiger partial charge in [-0.15, -0.1) is 0 Å². The molecule has 1 N–H and O–H groups in total. The van der Waals surface area contributed by atoms with Crippen LogP contribution in [0.1, 0.15) is 28.8 Å². The molecule has 0 unspecified atom stereocenters. The molecule has 0 spiro atoms. The van der Waals surface area contributed by atoms with Crippen LogP contribution in [0.25, 0.3) is 0 Å². The van der Waals surface area contributed by atoms with Gasteiger partial charge in [0.25, 0.3) is 0 Å². The first-order valence-electron chi connectivity index (χ1n) is 5.03. The molecule has 0 bridgehead atoms. The zero-order valence-electron chi connectivity index (χ0n) is 8.69. The van der Waals surface area contributed by atoms with Crippen molar-refractivity contribution in [1.29, 1.82) is 0 Å². The minimum atomic E-state index is -0.519. The number of carbonyl (C=O) groups excluding carboxylic acids is 1. The van der Waals surface area contributed by atoms with E-state index < -0.39 is 5.60 Å². The molecule has 1 aromatic carbocycles. The van der Waals surface area contributed by atoms with Crippen molar-refractivity contribution in [2.75, 3.05) is 7.11 Å². The first-order valence-corrected chi connectivity index (χ1v) is 5.03. The zero-order valence-corrected chi connectivity index (χ0v) is 8.69. The molecule has 0 atom stereocenters. The highest BCUT2D eigenvalue weighted by Gasteiger charge is 2.40. The van der Waals surface area contributed by atoms with E-state index in [-0.39, 0.29) is 5.97 Å². The van der Waals surface area contributed by atoms with Crippen LogP contribution in [0.2, 0.25) is 0 Å². The molecular formula is C12H14O3. The van der Waals surface area contributed by atoms with E-state index >= 15 is 0 Å². The van der Waals surface area contributed by atoms with E-state index in [0.717, 1.165) is 18.4 Å². The topological polar surface area (TPSA) is 46.5 Å². The fourth-order valence-corrected chi connectivity index (χ4v) is 1.63. The molecule has 0 radical (unpaired) electrons. The van der Waals surface area contributed by atoms with Crippen LogP contribution in [0, 0.1) is 0 Å². The predicted octanol–water partition coefficient (Wildman–Crippen LogP) is 1.54.